The Bertz CT molecular complexity index is 989. The van der Waals surface area contributed by atoms with E-state index in [-0.39, 0.29) is 17.3 Å². The zero-order valence-corrected chi connectivity index (χ0v) is 19.5. The molecule has 2 fully saturated rings. The van der Waals surface area contributed by atoms with E-state index in [2.05, 4.69) is 27.1 Å². The number of anilines is 1. The van der Waals surface area contributed by atoms with Gasteiger partial charge in [-0.15, -0.1) is 0 Å². The molecule has 0 bridgehead atoms. The summed E-state index contributed by atoms with van der Waals surface area (Å²) >= 11 is 0. The number of benzene rings is 1. The van der Waals surface area contributed by atoms with E-state index in [1.54, 1.807) is 12.1 Å². The number of para-hydroxylation sites is 1. The molecule has 0 aromatic heterocycles. The number of nitrogens with two attached hydrogens (primary N) is 1. The van der Waals surface area contributed by atoms with Gasteiger partial charge in [-0.2, -0.15) is 0 Å². The summed E-state index contributed by atoms with van der Waals surface area (Å²) in [6.45, 7) is 6.96. The molecule has 0 spiro atoms. The van der Waals surface area contributed by atoms with Gasteiger partial charge in [0.15, 0.2) is 5.78 Å². The van der Waals surface area contributed by atoms with Crippen LogP contribution in [0.4, 0.5) is 5.69 Å². The number of carbonyl (C=O) groups excluding carboxylic acids is 3. The lowest BCUT2D eigenvalue weighted by Crippen LogP contribution is -2.51. The molecule has 34 heavy (non-hydrogen) atoms. The van der Waals surface area contributed by atoms with E-state index in [1.807, 2.05) is 12.1 Å². The fourth-order valence-corrected chi connectivity index (χ4v) is 4.10. The van der Waals surface area contributed by atoms with Gasteiger partial charge in [0.05, 0.1) is 5.57 Å². The van der Waals surface area contributed by atoms with E-state index in [1.165, 1.54) is 19.3 Å². The van der Waals surface area contributed by atoms with Crippen LogP contribution in [0, 0.1) is 5.92 Å². The van der Waals surface area contributed by atoms with Crippen LogP contribution in [-0.4, -0.2) is 60.2 Å². The second-order valence-corrected chi connectivity index (χ2v) is 8.82. The normalized spacial score (nSPS) is 18.9. The van der Waals surface area contributed by atoms with Crippen LogP contribution in [0.1, 0.15) is 43.0 Å². The number of aliphatic hydroxyl groups is 1. The average molecular weight is 468 g/mol. The number of aliphatic imine (C=N–C) groups is 1. The molecule has 1 aliphatic carbocycles. The first-order valence-corrected chi connectivity index (χ1v) is 11.5. The summed E-state index contributed by atoms with van der Waals surface area (Å²) in [5.41, 5.74) is 6.13. The Hall–Kier alpha value is -3.46. The topological polar surface area (TPSA) is 137 Å². The van der Waals surface area contributed by atoms with Crippen LogP contribution in [0.15, 0.2) is 53.8 Å². The van der Waals surface area contributed by atoms with Gasteiger partial charge in [-0.3, -0.25) is 19.4 Å². The number of amides is 2. The van der Waals surface area contributed by atoms with Gasteiger partial charge in [-0.1, -0.05) is 18.7 Å². The highest BCUT2D eigenvalue weighted by Gasteiger charge is 2.51. The van der Waals surface area contributed by atoms with Crippen molar-refractivity contribution in [2.45, 2.75) is 44.2 Å². The number of Topliss-reactive ketones (excluding diaryl/α,β-unsaturated/α-hetero) is 1. The summed E-state index contributed by atoms with van der Waals surface area (Å²) in [6.07, 6.45) is 5.57. The molecule has 1 aromatic rings. The maximum Gasteiger partial charge on any atom is 0.255 e. The first kappa shape index (κ1) is 25.2. The number of hydrogen-bond acceptors (Lipinski definition) is 7. The number of rotatable bonds is 10. The lowest BCUT2D eigenvalue weighted by molar-refractivity contribution is -0.128. The Labute approximate surface area is 199 Å². The third-order valence-corrected chi connectivity index (χ3v) is 6.35. The molecule has 2 amide bonds. The van der Waals surface area contributed by atoms with Crippen molar-refractivity contribution in [2.75, 3.05) is 24.5 Å². The molecule has 182 valence electrons. The average Bonchev–Trinajstić information content (AvgIpc) is 3.63. The molecule has 1 saturated carbocycles. The summed E-state index contributed by atoms with van der Waals surface area (Å²) < 4.78 is 0. The second kappa shape index (κ2) is 11.1. The van der Waals surface area contributed by atoms with Crippen molar-refractivity contribution in [3.05, 3.63) is 54.4 Å². The predicted molar refractivity (Wildman–Crippen MR) is 131 cm³/mol. The Balaban J connectivity index is 1.51. The second-order valence-electron chi connectivity index (χ2n) is 8.82. The molecule has 0 radical (unpaired) electrons. The first-order chi connectivity index (χ1) is 16.3. The van der Waals surface area contributed by atoms with Crippen molar-refractivity contribution in [1.82, 2.24) is 10.6 Å². The third kappa shape index (κ3) is 5.91. The molecule has 1 saturated heterocycles. The molecule has 1 atom stereocenters. The highest BCUT2D eigenvalue weighted by Crippen LogP contribution is 2.36. The van der Waals surface area contributed by atoms with Crippen LogP contribution in [0.2, 0.25) is 0 Å². The fraction of sp³-hybridized carbons (Fsp3) is 0.440. The molecule has 1 aliphatic heterocycles. The zero-order chi connectivity index (χ0) is 24.7. The summed E-state index contributed by atoms with van der Waals surface area (Å²) in [5, 5.41) is 15.5. The van der Waals surface area contributed by atoms with Gasteiger partial charge in [0, 0.05) is 49.5 Å². The molecule has 5 N–H and O–H groups in total. The zero-order valence-electron chi connectivity index (χ0n) is 19.5. The van der Waals surface area contributed by atoms with Crippen LogP contribution < -0.4 is 21.3 Å². The van der Waals surface area contributed by atoms with Gasteiger partial charge in [0.1, 0.15) is 11.6 Å². The van der Waals surface area contributed by atoms with Crippen LogP contribution >= 0.6 is 0 Å². The summed E-state index contributed by atoms with van der Waals surface area (Å²) in [7, 11) is 0. The molecule has 1 heterocycles. The van der Waals surface area contributed by atoms with Gasteiger partial charge in [-0.05, 0) is 50.7 Å². The summed E-state index contributed by atoms with van der Waals surface area (Å²) in [5.74, 6) is -0.622. The smallest absolute Gasteiger partial charge is 0.255 e. The molecule has 3 rings (SSSR count). The van der Waals surface area contributed by atoms with Crippen LogP contribution in [-0.2, 0) is 9.59 Å². The molecule has 1 unspecified atom stereocenters. The van der Waals surface area contributed by atoms with Crippen LogP contribution in [0.5, 0.6) is 0 Å². The number of ketones is 1. The highest BCUT2D eigenvalue weighted by molar-refractivity contribution is 6.13. The largest absolute Gasteiger partial charge is 0.404 e. The Morgan fingerprint density at radius 1 is 1.29 bits per heavy atom. The van der Waals surface area contributed by atoms with Crippen molar-refractivity contribution in [2.24, 2.45) is 16.6 Å². The maximum absolute atomic E-state index is 12.8. The minimum atomic E-state index is -1.05. The Morgan fingerprint density at radius 2 is 1.97 bits per heavy atom. The van der Waals surface area contributed by atoms with Gasteiger partial charge in [-0.25, -0.2) is 0 Å². The number of hydrogen-bond donors (Lipinski definition) is 4. The number of carbonyl (C=O) groups is 3. The number of piperidine rings is 1. The van der Waals surface area contributed by atoms with Gasteiger partial charge < -0.3 is 26.4 Å². The van der Waals surface area contributed by atoms with E-state index < -0.39 is 17.6 Å². The van der Waals surface area contributed by atoms with Crippen LogP contribution in [0.3, 0.4) is 0 Å². The van der Waals surface area contributed by atoms with Crippen molar-refractivity contribution in [3.8, 4) is 0 Å². The van der Waals surface area contributed by atoms with Gasteiger partial charge >= 0.3 is 0 Å². The Morgan fingerprint density at radius 3 is 2.56 bits per heavy atom. The monoisotopic (exact) mass is 467 g/mol. The SMILES string of the molecule is C=CN=C/C(=C\N)C(=O)NC1(C(=O)NCC2CCN(c3ccccc3C(=O)C(C)O)CC2)CC1. The minimum Gasteiger partial charge on any atom is -0.404 e. The van der Waals surface area contributed by atoms with Gasteiger partial charge in [0.25, 0.3) is 5.91 Å². The molecule has 1 aromatic carbocycles. The fourth-order valence-electron chi connectivity index (χ4n) is 4.10. The quantitative estimate of drug-likeness (QED) is 0.232. The number of aliphatic hydroxyl groups excluding tert-OH is 1. The van der Waals surface area contributed by atoms with E-state index >= 15 is 0 Å². The van der Waals surface area contributed by atoms with E-state index in [0.29, 0.717) is 30.9 Å². The van der Waals surface area contributed by atoms with Crippen molar-refractivity contribution in [3.63, 3.8) is 0 Å². The number of nitrogens with zero attached hydrogens (tertiary/aromatic N) is 2. The lowest BCUT2D eigenvalue weighted by atomic mass is 9.95. The molecular formula is C25H33N5O4. The van der Waals surface area contributed by atoms with Crippen molar-refractivity contribution >= 4 is 29.5 Å². The Kier molecular flexibility index (Phi) is 8.22. The minimum absolute atomic E-state index is 0.167. The van der Waals surface area contributed by atoms with E-state index in [4.69, 9.17) is 5.73 Å². The maximum atomic E-state index is 12.8. The molecule has 9 heteroatoms. The lowest BCUT2D eigenvalue weighted by Gasteiger charge is -2.35. The molecular weight excluding hydrogens is 434 g/mol. The first-order valence-electron chi connectivity index (χ1n) is 11.5. The van der Waals surface area contributed by atoms with E-state index in [0.717, 1.165) is 37.8 Å². The number of nitrogens with one attached hydrogen (secondary N) is 2. The highest BCUT2D eigenvalue weighted by atomic mass is 16.3. The summed E-state index contributed by atoms with van der Waals surface area (Å²) in [6, 6.07) is 7.33. The summed E-state index contributed by atoms with van der Waals surface area (Å²) in [4.78, 5) is 43.5. The molecule has 2 aliphatic rings. The van der Waals surface area contributed by atoms with E-state index in [9.17, 15) is 19.5 Å². The molecule has 9 nitrogen and oxygen atoms in total. The van der Waals surface area contributed by atoms with Gasteiger partial charge in [0.2, 0.25) is 5.91 Å². The third-order valence-electron chi connectivity index (χ3n) is 6.35. The standard InChI is InChI=1S/C25H33N5O4/c1-3-27-16-19(14-26)23(33)29-25(10-11-25)24(34)28-15-18-8-12-30(13-9-18)21-7-5-4-6-20(21)22(32)17(2)31/h3-7,14,16-18,31H,1,8-13,15,26H2,2H3,(H,28,34)(H,29,33)/b19-14+,27-16?. The van der Waals surface area contributed by atoms with Crippen LogP contribution in [0.25, 0.3) is 0 Å². The van der Waals surface area contributed by atoms with Crippen molar-refractivity contribution in [1.29, 1.82) is 0 Å². The van der Waals surface area contributed by atoms with Crippen molar-refractivity contribution < 1.29 is 19.5 Å². The predicted octanol–water partition coefficient (Wildman–Crippen LogP) is 1.29.